The summed E-state index contributed by atoms with van der Waals surface area (Å²) in [5, 5.41) is 9.43. The number of rotatable bonds is 1. The van der Waals surface area contributed by atoms with Crippen LogP contribution in [0.3, 0.4) is 0 Å². The highest BCUT2D eigenvalue weighted by molar-refractivity contribution is 5.73. The maximum absolute atomic E-state index is 12.0. The van der Waals surface area contributed by atoms with E-state index >= 15 is 0 Å². The molecule has 0 amide bonds. The molecule has 3 heterocycles. The van der Waals surface area contributed by atoms with Crippen LogP contribution in [0.4, 0.5) is 0 Å². The number of fused-ring (bicyclic) bond motifs is 4. The number of carboxylic acids is 1. The monoisotopic (exact) mass is 248 g/mol. The van der Waals surface area contributed by atoms with Gasteiger partial charge < -0.3 is 10.0 Å². The summed E-state index contributed by atoms with van der Waals surface area (Å²) in [4.78, 5) is 25.6. The first-order chi connectivity index (χ1) is 8.58. The van der Waals surface area contributed by atoms with Crippen LogP contribution in [0, 0.1) is 5.92 Å². The van der Waals surface area contributed by atoms with Gasteiger partial charge in [-0.2, -0.15) is 0 Å². The molecule has 0 aliphatic carbocycles. The van der Waals surface area contributed by atoms with Crippen molar-refractivity contribution < 1.29 is 9.90 Å². The van der Waals surface area contributed by atoms with Crippen LogP contribution in [0.2, 0.25) is 0 Å². The lowest BCUT2D eigenvalue weighted by molar-refractivity contribution is -0.144. The van der Waals surface area contributed by atoms with E-state index in [2.05, 4.69) is 4.90 Å². The van der Waals surface area contributed by atoms with E-state index in [0.29, 0.717) is 0 Å². The lowest BCUT2D eigenvalue weighted by atomic mass is 9.78. The zero-order valence-corrected chi connectivity index (χ0v) is 10.2. The molecule has 5 nitrogen and oxygen atoms in total. The molecule has 1 saturated heterocycles. The summed E-state index contributed by atoms with van der Waals surface area (Å²) in [6, 6.07) is 4.34. The topological polar surface area (TPSA) is 62.5 Å². The Balaban J connectivity index is 2.20. The molecule has 2 aliphatic rings. The van der Waals surface area contributed by atoms with E-state index in [9.17, 15) is 14.7 Å². The highest BCUT2D eigenvalue weighted by Crippen LogP contribution is 2.40. The van der Waals surface area contributed by atoms with Gasteiger partial charge in [0.2, 0.25) is 0 Å². The van der Waals surface area contributed by atoms with Crippen molar-refractivity contribution in [3.8, 4) is 0 Å². The van der Waals surface area contributed by atoms with Crippen LogP contribution in [-0.2, 0) is 4.79 Å². The minimum Gasteiger partial charge on any atom is -0.480 e. The molecule has 3 atom stereocenters. The van der Waals surface area contributed by atoms with Gasteiger partial charge in [-0.25, -0.2) is 4.79 Å². The maximum Gasteiger partial charge on any atom is 0.327 e. The number of aliphatic carboxylic acids is 1. The molecule has 0 spiro atoms. The minimum absolute atomic E-state index is 0.0267. The van der Waals surface area contributed by atoms with Gasteiger partial charge in [-0.3, -0.25) is 9.36 Å². The summed E-state index contributed by atoms with van der Waals surface area (Å²) < 4.78 is 1.49. The Bertz CT molecular complexity index is 551. The van der Waals surface area contributed by atoms with Crippen LogP contribution in [0.25, 0.3) is 0 Å². The van der Waals surface area contributed by atoms with Crippen molar-refractivity contribution in [2.24, 2.45) is 5.92 Å². The summed E-state index contributed by atoms with van der Waals surface area (Å²) in [5.74, 6) is -0.597. The molecule has 0 aromatic carbocycles. The average Bonchev–Trinajstić information content (AvgIpc) is 2.29. The molecule has 96 valence electrons. The number of likely N-dealkylation sites (N-methyl/N-ethyl adjacent to an activating group) is 1. The number of hydrogen-bond acceptors (Lipinski definition) is 3. The first-order valence-corrected chi connectivity index (χ1v) is 6.20. The van der Waals surface area contributed by atoms with Gasteiger partial charge in [-0.05, 0) is 19.5 Å². The van der Waals surface area contributed by atoms with E-state index in [1.54, 1.807) is 6.07 Å². The molecule has 0 saturated carbocycles. The third-order valence-electron chi connectivity index (χ3n) is 4.08. The molecule has 2 aliphatic heterocycles. The van der Waals surface area contributed by atoms with Crippen molar-refractivity contribution >= 4 is 5.97 Å². The average molecular weight is 248 g/mol. The first-order valence-electron chi connectivity index (χ1n) is 6.20. The number of carboxylic acid groups (broad SMARTS) is 1. The van der Waals surface area contributed by atoms with E-state index in [0.717, 1.165) is 25.2 Å². The molecule has 1 aromatic rings. The Morgan fingerprint density at radius 1 is 1.39 bits per heavy atom. The van der Waals surface area contributed by atoms with Gasteiger partial charge in [0.15, 0.2) is 0 Å². The molecule has 3 rings (SSSR count). The molecule has 1 aromatic heterocycles. The smallest absolute Gasteiger partial charge is 0.327 e. The van der Waals surface area contributed by atoms with Crippen LogP contribution in [0.1, 0.15) is 24.1 Å². The van der Waals surface area contributed by atoms with Gasteiger partial charge in [0.05, 0.1) is 0 Å². The van der Waals surface area contributed by atoms with Crippen molar-refractivity contribution in [3.05, 3.63) is 34.2 Å². The van der Waals surface area contributed by atoms with Crippen molar-refractivity contribution in [2.45, 2.75) is 18.4 Å². The summed E-state index contributed by atoms with van der Waals surface area (Å²) in [6.07, 6.45) is 0.866. The second-order valence-corrected chi connectivity index (χ2v) is 5.36. The Morgan fingerprint density at radius 3 is 2.89 bits per heavy atom. The molecule has 2 bridgehead atoms. The first kappa shape index (κ1) is 11.5. The SMILES string of the molecule is CN1C[C@H]2C[C@@H](C1)[C@H](C(=O)O)n1c2cccc1=O. The fourth-order valence-corrected chi connectivity index (χ4v) is 3.48. The second-order valence-electron chi connectivity index (χ2n) is 5.36. The van der Waals surface area contributed by atoms with E-state index in [1.807, 2.05) is 13.1 Å². The maximum atomic E-state index is 12.0. The summed E-state index contributed by atoms with van der Waals surface area (Å²) in [7, 11) is 2.01. The number of pyridine rings is 1. The van der Waals surface area contributed by atoms with Gasteiger partial charge in [0, 0.05) is 36.7 Å². The fraction of sp³-hybridized carbons (Fsp3) is 0.538. The van der Waals surface area contributed by atoms with Gasteiger partial charge >= 0.3 is 5.97 Å². The van der Waals surface area contributed by atoms with E-state index < -0.39 is 12.0 Å². The predicted octanol–water partition coefficient (Wildman–Crippen LogP) is 0.523. The molecule has 5 heteroatoms. The summed E-state index contributed by atoms with van der Waals surface area (Å²) >= 11 is 0. The van der Waals surface area contributed by atoms with E-state index in [4.69, 9.17) is 0 Å². The van der Waals surface area contributed by atoms with Gasteiger partial charge in [-0.1, -0.05) is 6.07 Å². The van der Waals surface area contributed by atoms with Crippen LogP contribution < -0.4 is 5.56 Å². The predicted molar refractivity (Wildman–Crippen MR) is 65.7 cm³/mol. The Kier molecular flexibility index (Phi) is 2.52. The summed E-state index contributed by atoms with van der Waals surface area (Å²) in [6.45, 7) is 1.64. The number of carbonyl (C=O) groups is 1. The lowest BCUT2D eigenvalue weighted by Crippen LogP contribution is -2.50. The lowest BCUT2D eigenvalue weighted by Gasteiger charge is -2.44. The Hall–Kier alpha value is -1.62. The number of likely N-dealkylation sites (tertiary alicyclic amines) is 1. The van der Waals surface area contributed by atoms with Crippen LogP contribution in [-0.4, -0.2) is 40.7 Å². The number of hydrogen-bond donors (Lipinski definition) is 1. The number of nitrogens with zero attached hydrogens (tertiary/aromatic N) is 2. The van der Waals surface area contributed by atoms with Gasteiger partial charge in [-0.15, -0.1) is 0 Å². The van der Waals surface area contributed by atoms with E-state index in [1.165, 1.54) is 10.6 Å². The molecule has 1 fully saturated rings. The highest BCUT2D eigenvalue weighted by atomic mass is 16.4. The molecule has 18 heavy (non-hydrogen) atoms. The quantitative estimate of drug-likeness (QED) is 0.787. The van der Waals surface area contributed by atoms with Crippen molar-refractivity contribution in [2.75, 3.05) is 20.1 Å². The third-order valence-corrected chi connectivity index (χ3v) is 4.08. The standard InChI is InChI=1S/C13H16N2O3/c1-14-6-8-5-9(7-14)12(13(17)18)15-10(8)3-2-4-11(15)16/h2-4,8-9,12H,5-7H2,1H3,(H,17,18)/t8-,9+,12-/m1/s1. The van der Waals surface area contributed by atoms with Crippen molar-refractivity contribution in [1.82, 2.24) is 9.47 Å². The fourth-order valence-electron chi connectivity index (χ4n) is 3.48. The number of piperidine rings is 1. The van der Waals surface area contributed by atoms with Crippen LogP contribution in [0.15, 0.2) is 23.0 Å². The second kappa shape index (κ2) is 3.95. The Labute approximate surface area is 105 Å². The molecule has 1 N–H and O–H groups in total. The third kappa shape index (κ3) is 1.58. The van der Waals surface area contributed by atoms with Crippen molar-refractivity contribution in [1.29, 1.82) is 0 Å². The molecule has 0 radical (unpaired) electrons. The van der Waals surface area contributed by atoms with Crippen molar-refractivity contribution in [3.63, 3.8) is 0 Å². The highest BCUT2D eigenvalue weighted by Gasteiger charge is 2.42. The zero-order chi connectivity index (χ0) is 12.9. The van der Waals surface area contributed by atoms with E-state index in [-0.39, 0.29) is 17.4 Å². The zero-order valence-electron chi connectivity index (χ0n) is 10.2. The molecular formula is C13H16N2O3. The van der Waals surface area contributed by atoms with Crippen LogP contribution >= 0.6 is 0 Å². The largest absolute Gasteiger partial charge is 0.480 e. The normalized spacial score (nSPS) is 30.8. The summed E-state index contributed by atoms with van der Waals surface area (Å²) in [5.41, 5.74) is 0.678. The van der Waals surface area contributed by atoms with Gasteiger partial charge in [0.1, 0.15) is 6.04 Å². The molecule has 0 unspecified atom stereocenters. The Morgan fingerprint density at radius 2 is 2.17 bits per heavy atom. The minimum atomic E-state index is -0.900. The van der Waals surface area contributed by atoms with Gasteiger partial charge in [0.25, 0.3) is 5.56 Å². The van der Waals surface area contributed by atoms with Crippen LogP contribution in [0.5, 0.6) is 0 Å². The molecular weight excluding hydrogens is 232 g/mol. The number of aromatic nitrogens is 1.